The van der Waals surface area contributed by atoms with Crippen molar-refractivity contribution >= 4 is 24.3 Å². The van der Waals surface area contributed by atoms with Crippen molar-refractivity contribution in [3.05, 3.63) is 53.6 Å². The Morgan fingerprint density at radius 3 is 2.26 bits per heavy atom. The van der Waals surface area contributed by atoms with Crippen molar-refractivity contribution in [3.8, 4) is 0 Å². The zero-order chi connectivity index (χ0) is 16.2. The van der Waals surface area contributed by atoms with Gasteiger partial charge in [0, 0.05) is 9.79 Å². The quantitative estimate of drug-likeness (QED) is 0.630. The molecular weight excluding hydrogens is 303 g/mol. The molecule has 0 aliphatic carbocycles. The molecule has 4 rings (SSSR count). The molecule has 0 atom stereocenters. The third-order valence-corrected chi connectivity index (χ3v) is 6.46. The maximum Gasteiger partial charge on any atom is 0.495 e. The van der Waals surface area contributed by atoms with Gasteiger partial charge in [-0.25, -0.2) is 0 Å². The Morgan fingerprint density at radius 2 is 1.52 bits per heavy atom. The topological polar surface area (TPSA) is 18.5 Å². The Balaban J connectivity index is 1.74. The van der Waals surface area contributed by atoms with Gasteiger partial charge in [-0.05, 0) is 62.8 Å². The van der Waals surface area contributed by atoms with E-state index < -0.39 is 0 Å². The van der Waals surface area contributed by atoms with E-state index in [0.717, 1.165) is 6.42 Å². The van der Waals surface area contributed by atoms with E-state index in [1.165, 1.54) is 26.4 Å². The zero-order valence-corrected chi connectivity index (χ0v) is 14.9. The molecule has 1 fully saturated rings. The van der Waals surface area contributed by atoms with Crippen LogP contribution < -0.4 is 5.46 Å². The minimum Gasteiger partial charge on any atom is -0.399 e. The first-order chi connectivity index (χ1) is 10.9. The highest BCUT2D eigenvalue weighted by Gasteiger charge is 2.52. The lowest BCUT2D eigenvalue weighted by Gasteiger charge is -2.32. The van der Waals surface area contributed by atoms with Gasteiger partial charge in [0.1, 0.15) is 0 Å². The van der Waals surface area contributed by atoms with Crippen LogP contribution in [0.15, 0.2) is 52.3 Å². The summed E-state index contributed by atoms with van der Waals surface area (Å²) >= 11 is 1.84. The van der Waals surface area contributed by atoms with E-state index in [2.05, 4.69) is 70.2 Å². The third kappa shape index (κ3) is 2.44. The molecule has 1 saturated heterocycles. The molecule has 0 bridgehead atoms. The van der Waals surface area contributed by atoms with Gasteiger partial charge in [0.05, 0.1) is 11.2 Å². The Kier molecular flexibility index (Phi) is 3.42. The number of benzene rings is 2. The zero-order valence-electron chi connectivity index (χ0n) is 14.1. The molecule has 2 nitrogen and oxygen atoms in total. The fraction of sp³-hybridized carbons (Fsp3) is 0.368. The molecule has 2 aromatic carbocycles. The summed E-state index contributed by atoms with van der Waals surface area (Å²) in [7, 11) is -0.291. The van der Waals surface area contributed by atoms with Crippen LogP contribution in [0.2, 0.25) is 0 Å². The first-order valence-electron chi connectivity index (χ1n) is 8.11. The molecule has 0 N–H and O–H groups in total. The summed E-state index contributed by atoms with van der Waals surface area (Å²) < 4.78 is 12.5. The summed E-state index contributed by atoms with van der Waals surface area (Å²) in [6.07, 6.45) is 0.943. The lowest BCUT2D eigenvalue weighted by atomic mass is 9.74. The smallest absolute Gasteiger partial charge is 0.399 e. The first kappa shape index (κ1) is 15.3. The van der Waals surface area contributed by atoms with Crippen molar-refractivity contribution in [2.24, 2.45) is 0 Å². The van der Waals surface area contributed by atoms with Crippen LogP contribution in [0.1, 0.15) is 38.8 Å². The molecule has 23 heavy (non-hydrogen) atoms. The third-order valence-electron chi connectivity index (χ3n) is 5.24. The Morgan fingerprint density at radius 1 is 0.870 bits per heavy atom. The number of hydrogen-bond donors (Lipinski definition) is 0. The van der Waals surface area contributed by atoms with Gasteiger partial charge < -0.3 is 9.31 Å². The Labute approximate surface area is 142 Å². The van der Waals surface area contributed by atoms with E-state index in [4.69, 9.17) is 9.31 Å². The Bertz CT molecular complexity index is 754. The van der Waals surface area contributed by atoms with Crippen molar-refractivity contribution < 1.29 is 9.31 Å². The number of fused-ring (bicyclic) bond motifs is 2. The predicted molar refractivity (Wildman–Crippen MR) is 95.5 cm³/mol. The van der Waals surface area contributed by atoms with E-state index in [1.54, 1.807) is 0 Å². The van der Waals surface area contributed by atoms with Crippen molar-refractivity contribution in [3.63, 3.8) is 0 Å². The highest BCUT2D eigenvalue weighted by Crippen LogP contribution is 2.41. The summed E-state index contributed by atoms with van der Waals surface area (Å²) in [5.74, 6) is 0. The highest BCUT2D eigenvalue weighted by molar-refractivity contribution is 7.99. The van der Waals surface area contributed by atoms with Gasteiger partial charge in [0.2, 0.25) is 0 Å². The standard InChI is InChI=1S/C19H21BO2S/c1-18(2)19(3,4)22-20(21-18)15-9-7-11-17-14(15)12-13-8-5-6-10-16(13)23-17/h5-11H,12H2,1-4H3. The molecule has 2 aliphatic rings. The molecule has 0 saturated carbocycles. The average Bonchev–Trinajstić information content (AvgIpc) is 2.72. The minimum atomic E-state index is -0.305. The molecule has 2 aliphatic heterocycles. The van der Waals surface area contributed by atoms with Crippen molar-refractivity contribution in [1.82, 2.24) is 0 Å². The van der Waals surface area contributed by atoms with Crippen LogP contribution in [0.5, 0.6) is 0 Å². The van der Waals surface area contributed by atoms with Gasteiger partial charge in [-0.3, -0.25) is 0 Å². The van der Waals surface area contributed by atoms with Gasteiger partial charge in [0.25, 0.3) is 0 Å². The van der Waals surface area contributed by atoms with Gasteiger partial charge >= 0.3 is 7.12 Å². The second-order valence-corrected chi connectivity index (χ2v) is 8.38. The first-order valence-corrected chi connectivity index (χ1v) is 8.92. The van der Waals surface area contributed by atoms with Crippen LogP contribution in [0, 0.1) is 0 Å². The second kappa shape index (κ2) is 5.14. The van der Waals surface area contributed by atoms with Crippen molar-refractivity contribution in [2.75, 3.05) is 0 Å². The van der Waals surface area contributed by atoms with Crippen LogP contribution in [0.3, 0.4) is 0 Å². The molecule has 0 unspecified atom stereocenters. The summed E-state index contributed by atoms with van der Waals surface area (Å²) in [6, 6.07) is 15.1. The average molecular weight is 324 g/mol. The lowest BCUT2D eigenvalue weighted by Crippen LogP contribution is -2.41. The maximum atomic E-state index is 6.27. The number of rotatable bonds is 1. The van der Waals surface area contributed by atoms with E-state index in [9.17, 15) is 0 Å². The molecule has 2 heterocycles. The van der Waals surface area contributed by atoms with E-state index in [1.807, 2.05) is 11.8 Å². The molecule has 0 spiro atoms. The number of hydrogen-bond acceptors (Lipinski definition) is 3. The maximum absolute atomic E-state index is 6.27. The van der Waals surface area contributed by atoms with Crippen LogP contribution in [0.25, 0.3) is 0 Å². The lowest BCUT2D eigenvalue weighted by molar-refractivity contribution is 0.00578. The predicted octanol–water partition coefficient (Wildman–Crippen LogP) is 4.04. The Hall–Kier alpha value is -1.23. The fourth-order valence-electron chi connectivity index (χ4n) is 3.12. The molecule has 0 aromatic heterocycles. The summed E-state index contributed by atoms with van der Waals surface area (Å²) in [5.41, 5.74) is 3.28. The van der Waals surface area contributed by atoms with Gasteiger partial charge in [-0.15, -0.1) is 0 Å². The highest BCUT2D eigenvalue weighted by atomic mass is 32.2. The fourth-order valence-corrected chi connectivity index (χ4v) is 4.23. The molecular formula is C19H21BO2S. The molecule has 2 aromatic rings. The van der Waals surface area contributed by atoms with Crippen LogP contribution in [-0.4, -0.2) is 18.3 Å². The monoisotopic (exact) mass is 324 g/mol. The van der Waals surface area contributed by atoms with E-state index in [0.29, 0.717) is 0 Å². The van der Waals surface area contributed by atoms with Gasteiger partial charge in [-0.2, -0.15) is 0 Å². The summed E-state index contributed by atoms with van der Waals surface area (Å²) in [5, 5.41) is 0. The van der Waals surface area contributed by atoms with Gasteiger partial charge in [-0.1, -0.05) is 42.1 Å². The van der Waals surface area contributed by atoms with E-state index >= 15 is 0 Å². The van der Waals surface area contributed by atoms with Crippen molar-refractivity contribution in [1.29, 1.82) is 0 Å². The van der Waals surface area contributed by atoms with Crippen LogP contribution >= 0.6 is 11.8 Å². The van der Waals surface area contributed by atoms with Crippen molar-refractivity contribution in [2.45, 2.75) is 55.1 Å². The second-order valence-electron chi connectivity index (χ2n) is 7.30. The molecule has 118 valence electrons. The molecule has 0 radical (unpaired) electrons. The molecule has 4 heteroatoms. The van der Waals surface area contributed by atoms with Crippen LogP contribution in [-0.2, 0) is 15.7 Å². The SMILES string of the molecule is CC1(C)OB(c2cccc3c2Cc2ccccc2S3)OC1(C)C. The van der Waals surface area contributed by atoms with E-state index in [-0.39, 0.29) is 18.3 Å². The minimum absolute atomic E-state index is 0.291. The van der Waals surface area contributed by atoms with Crippen LogP contribution in [0.4, 0.5) is 0 Å². The summed E-state index contributed by atoms with van der Waals surface area (Å²) in [6.45, 7) is 8.41. The summed E-state index contributed by atoms with van der Waals surface area (Å²) in [4.78, 5) is 2.67. The van der Waals surface area contributed by atoms with Gasteiger partial charge in [0.15, 0.2) is 0 Å². The normalized spacial score (nSPS) is 21.0. The molecule has 0 amide bonds. The largest absolute Gasteiger partial charge is 0.495 e.